The second-order valence-electron chi connectivity index (χ2n) is 5.93. The van der Waals surface area contributed by atoms with Gasteiger partial charge in [0, 0.05) is 10.5 Å². The van der Waals surface area contributed by atoms with Crippen LogP contribution >= 0.6 is 15.9 Å². The molecule has 0 spiro atoms. The Morgan fingerprint density at radius 1 is 1.26 bits per heavy atom. The summed E-state index contributed by atoms with van der Waals surface area (Å²) >= 11 is 3.59. The Morgan fingerprint density at radius 2 is 2.05 bits per heavy atom. The van der Waals surface area contributed by atoms with Crippen LogP contribution in [0.25, 0.3) is 0 Å². The summed E-state index contributed by atoms with van der Waals surface area (Å²) in [5, 5.41) is 3.32. The molecule has 1 aromatic rings. The summed E-state index contributed by atoms with van der Waals surface area (Å²) in [6.07, 6.45) is 5.25. The zero-order chi connectivity index (χ0) is 13.2. The van der Waals surface area contributed by atoms with Crippen LogP contribution in [0.4, 0.5) is 0 Å². The Morgan fingerprint density at radius 3 is 2.79 bits per heavy atom. The first kappa shape index (κ1) is 13.6. The van der Waals surface area contributed by atoms with E-state index in [4.69, 9.17) is 0 Å². The smallest absolute Gasteiger partial charge is 0.0354 e. The van der Waals surface area contributed by atoms with Gasteiger partial charge in [-0.15, -0.1) is 0 Å². The van der Waals surface area contributed by atoms with Crippen LogP contribution in [0.2, 0.25) is 0 Å². The summed E-state index contributed by atoms with van der Waals surface area (Å²) in [4.78, 5) is 2.71. The first-order valence-corrected chi connectivity index (χ1v) is 8.24. The maximum atomic E-state index is 3.59. The van der Waals surface area contributed by atoms with Gasteiger partial charge in [0.2, 0.25) is 0 Å². The van der Waals surface area contributed by atoms with E-state index in [-0.39, 0.29) is 0 Å². The van der Waals surface area contributed by atoms with Gasteiger partial charge < -0.3 is 5.32 Å². The Labute approximate surface area is 124 Å². The highest BCUT2D eigenvalue weighted by Gasteiger charge is 2.30. The average Bonchev–Trinajstić information content (AvgIpc) is 2.83. The Balaban J connectivity index is 1.66. The first-order chi connectivity index (χ1) is 9.28. The molecule has 0 aromatic heterocycles. The second-order valence-corrected chi connectivity index (χ2v) is 6.85. The zero-order valence-electron chi connectivity index (χ0n) is 11.7. The number of fused-ring (bicyclic) bond motifs is 1. The van der Waals surface area contributed by atoms with Crippen molar-refractivity contribution in [3.8, 4) is 0 Å². The molecule has 19 heavy (non-hydrogen) atoms. The fraction of sp³-hybridized carbons (Fsp3) is 0.625. The van der Waals surface area contributed by atoms with Gasteiger partial charge in [0.15, 0.2) is 0 Å². The van der Waals surface area contributed by atoms with E-state index in [1.807, 2.05) is 0 Å². The molecule has 104 valence electrons. The van der Waals surface area contributed by atoms with Crippen LogP contribution in [0.15, 0.2) is 22.7 Å². The molecule has 1 fully saturated rings. The van der Waals surface area contributed by atoms with Gasteiger partial charge in [0.05, 0.1) is 0 Å². The van der Waals surface area contributed by atoms with Gasteiger partial charge in [0.25, 0.3) is 0 Å². The van der Waals surface area contributed by atoms with Crippen molar-refractivity contribution in [2.24, 2.45) is 5.92 Å². The van der Waals surface area contributed by atoms with Crippen LogP contribution in [0.1, 0.15) is 36.4 Å². The largest absolute Gasteiger partial charge is 0.319 e. The minimum Gasteiger partial charge on any atom is -0.319 e. The molecular weight excluding hydrogens is 300 g/mol. The molecule has 3 rings (SSSR count). The number of benzene rings is 1. The van der Waals surface area contributed by atoms with Gasteiger partial charge in [-0.3, -0.25) is 4.90 Å². The molecule has 0 radical (unpaired) electrons. The molecule has 1 heterocycles. The minimum absolute atomic E-state index is 0.679. The average molecular weight is 323 g/mol. The minimum atomic E-state index is 0.679. The fourth-order valence-corrected chi connectivity index (χ4v) is 4.11. The predicted octanol–water partition coefficient (Wildman–Crippen LogP) is 3.37. The lowest BCUT2D eigenvalue weighted by molar-refractivity contribution is 0.132. The molecule has 1 unspecified atom stereocenters. The highest BCUT2D eigenvalue weighted by atomic mass is 79.9. The Kier molecular flexibility index (Phi) is 4.25. The summed E-state index contributed by atoms with van der Waals surface area (Å²) in [7, 11) is 2.07. The third-order valence-electron chi connectivity index (χ3n) is 4.73. The standard InChI is InChI=1S/C16H23BrN2/c1-18-11-12-6-8-19(9-7-12)16-5-2-13-10-14(17)3-4-15(13)16/h3-4,10,12,16,18H,2,5-9,11H2,1H3. The highest BCUT2D eigenvalue weighted by Crippen LogP contribution is 2.38. The van der Waals surface area contributed by atoms with E-state index in [0.717, 1.165) is 5.92 Å². The van der Waals surface area contributed by atoms with Crippen molar-refractivity contribution in [3.63, 3.8) is 0 Å². The number of nitrogens with one attached hydrogen (secondary N) is 1. The van der Waals surface area contributed by atoms with Crippen molar-refractivity contribution in [1.29, 1.82) is 0 Å². The van der Waals surface area contributed by atoms with Gasteiger partial charge in [-0.2, -0.15) is 0 Å². The zero-order valence-corrected chi connectivity index (χ0v) is 13.2. The normalized spacial score (nSPS) is 24.6. The van der Waals surface area contributed by atoms with E-state index in [0.29, 0.717) is 6.04 Å². The van der Waals surface area contributed by atoms with Crippen LogP contribution < -0.4 is 5.32 Å². The Bertz CT molecular complexity index is 438. The van der Waals surface area contributed by atoms with Crippen molar-refractivity contribution < 1.29 is 0 Å². The van der Waals surface area contributed by atoms with Gasteiger partial charge >= 0.3 is 0 Å². The van der Waals surface area contributed by atoms with E-state index < -0.39 is 0 Å². The van der Waals surface area contributed by atoms with Crippen LogP contribution in [0.3, 0.4) is 0 Å². The maximum absolute atomic E-state index is 3.59. The van der Waals surface area contributed by atoms with E-state index in [1.165, 1.54) is 49.8 Å². The van der Waals surface area contributed by atoms with Crippen molar-refractivity contribution in [2.75, 3.05) is 26.7 Å². The van der Waals surface area contributed by atoms with Crippen molar-refractivity contribution >= 4 is 15.9 Å². The molecule has 1 aliphatic carbocycles. The van der Waals surface area contributed by atoms with E-state index in [2.05, 4.69) is 51.4 Å². The number of likely N-dealkylation sites (tertiary alicyclic amines) is 1. The third kappa shape index (κ3) is 2.88. The lowest BCUT2D eigenvalue weighted by atomic mass is 9.94. The number of rotatable bonds is 3. The lowest BCUT2D eigenvalue weighted by Gasteiger charge is -2.36. The van der Waals surface area contributed by atoms with Crippen LogP contribution in [0, 0.1) is 5.92 Å². The molecule has 3 heteroatoms. The molecule has 1 aromatic carbocycles. The summed E-state index contributed by atoms with van der Waals surface area (Å²) in [6.45, 7) is 3.72. The summed E-state index contributed by atoms with van der Waals surface area (Å²) in [6, 6.07) is 7.52. The SMILES string of the molecule is CNCC1CCN(C2CCc3cc(Br)ccc32)CC1. The molecule has 1 aliphatic heterocycles. The molecular formula is C16H23BrN2. The second kappa shape index (κ2) is 5.94. The summed E-state index contributed by atoms with van der Waals surface area (Å²) in [5.41, 5.74) is 3.13. The van der Waals surface area contributed by atoms with Gasteiger partial charge in [-0.1, -0.05) is 22.0 Å². The van der Waals surface area contributed by atoms with Crippen molar-refractivity contribution in [1.82, 2.24) is 10.2 Å². The monoisotopic (exact) mass is 322 g/mol. The lowest BCUT2D eigenvalue weighted by Crippen LogP contribution is -2.38. The number of aryl methyl sites for hydroxylation is 1. The Hall–Kier alpha value is -0.380. The third-order valence-corrected chi connectivity index (χ3v) is 5.23. The maximum Gasteiger partial charge on any atom is 0.0354 e. The molecule has 0 bridgehead atoms. The van der Waals surface area contributed by atoms with Crippen LogP contribution in [0.5, 0.6) is 0 Å². The van der Waals surface area contributed by atoms with Crippen molar-refractivity contribution in [2.45, 2.75) is 31.7 Å². The van der Waals surface area contributed by atoms with Crippen LogP contribution in [-0.4, -0.2) is 31.6 Å². The molecule has 1 saturated heterocycles. The summed E-state index contributed by atoms with van der Waals surface area (Å²) < 4.78 is 1.22. The van der Waals surface area contributed by atoms with Gasteiger partial charge in [-0.25, -0.2) is 0 Å². The highest BCUT2D eigenvalue weighted by molar-refractivity contribution is 9.10. The number of hydrogen-bond acceptors (Lipinski definition) is 2. The fourth-order valence-electron chi connectivity index (χ4n) is 3.70. The molecule has 0 saturated carbocycles. The summed E-state index contributed by atoms with van der Waals surface area (Å²) in [5.74, 6) is 0.882. The quantitative estimate of drug-likeness (QED) is 0.917. The number of piperidine rings is 1. The molecule has 1 N–H and O–H groups in total. The van der Waals surface area contributed by atoms with E-state index in [1.54, 1.807) is 11.1 Å². The van der Waals surface area contributed by atoms with Crippen LogP contribution in [-0.2, 0) is 6.42 Å². The van der Waals surface area contributed by atoms with E-state index in [9.17, 15) is 0 Å². The molecule has 2 aliphatic rings. The molecule has 1 atom stereocenters. The molecule has 0 amide bonds. The first-order valence-electron chi connectivity index (χ1n) is 7.45. The van der Waals surface area contributed by atoms with E-state index >= 15 is 0 Å². The number of halogens is 1. The topological polar surface area (TPSA) is 15.3 Å². The number of hydrogen-bond donors (Lipinski definition) is 1. The number of nitrogens with zero attached hydrogens (tertiary/aromatic N) is 1. The predicted molar refractivity (Wildman–Crippen MR) is 83.4 cm³/mol. The van der Waals surface area contributed by atoms with Gasteiger partial charge in [-0.05, 0) is 81.5 Å². The molecule has 2 nitrogen and oxygen atoms in total. The van der Waals surface area contributed by atoms with Crippen molar-refractivity contribution in [3.05, 3.63) is 33.8 Å². The van der Waals surface area contributed by atoms with Gasteiger partial charge in [0.1, 0.15) is 0 Å².